The zero-order chi connectivity index (χ0) is 7.40. The van der Waals surface area contributed by atoms with Crippen LogP contribution in [0.3, 0.4) is 0 Å². The van der Waals surface area contributed by atoms with Gasteiger partial charge in [0, 0.05) is 13.0 Å². The van der Waals surface area contributed by atoms with E-state index in [2.05, 4.69) is 21.0 Å². The Bertz CT molecular complexity index is 205. The minimum atomic E-state index is -0.144. The molecule has 1 heterocycles. The Kier molecular flexibility index (Phi) is 1.89. The van der Waals surface area contributed by atoms with E-state index in [0.717, 1.165) is 0 Å². The highest BCUT2D eigenvalue weighted by molar-refractivity contribution is 5.74. The number of hydrogen-bond donors (Lipinski definition) is 3. The van der Waals surface area contributed by atoms with Gasteiger partial charge in [-0.15, -0.1) is 0 Å². The lowest BCUT2D eigenvalue weighted by atomic mass is 10.6. The molecule has 0 aliphatic rings. The summed E-state index contributed by atoms with van der Waals surface area (Å²) in [7, 11) is 0. The highest BCUT2D eigenvalue weighted by atomic mass is 16.2. The molecule has 0 radical (unpaired) electrons. The number of hydrazine groups is 1. The number of nitrogens with one attached hydrogen (secondary N) is 3. The van der Waals surface area contributed by atoms with Gasteiger partial charge in [-0.2, -0.15) is 5.10 Å². The Morgan fingerprint density at radius 1 is 1.80 bits per heavy atom. The van der Waals surface area contributed by atoms with Crippen molar-refractivity contribution in [3.8, 4) is 0 Å². The molecule has 1 aromatic heterocycles. The number of H-pyrrole nitrogens is 1. The lowest BCUT2D eigenvalue weighted by Crippen LogP contribution is -2.26. The molecule has 5 heteroatoms. The van der Waals surface area contributed by atoms with E-state index in [1.807, 2.05) is 0 Å². The zero-order valence-electron chi connectivity index (χ0n) is 5.51. The third-order valence-electron chi connectivity index (χ3n) is 0.874. The normalized spacial score (nSPS) is 8.90. The monoisotopic (exact) mass is 140 g/mol. The average Bonchev–Trinajstić information content (AvgIpc) is 2.34. The summed E-state index contributed by atoms with van der Waals surface area (Å²) in [5.41, 5.74) is 4.99. The Balaban J connectivity index is 2.35. The van der Waals surface area contributed by atoms with Gasteiger partial charge in [-0.25, -0.2) is 0 Å². The molecule has 0 saturated heterocycles. The summed E-state index contributed by atoms with van der Waals surface area (Å²) in [6, 6.07) is 1.70. The van der Waals surface area contributed by atoms with Crippen LogP contribution in [0.4, 0.5) is 5.82 Å². The van der Waals surface area contributed by atoms with E-state index in [4.69, 9.17) is 0 Å². The van der Waals surface area contributed by atoms with Crippen molar-refractivity contribution < 1.29 is 4.79 Å². The fraction of sp³-hybridized carbons (Fsp3) is 0.200. The maximum atomic E-state index is 10.3. The van der Waals surface area contributed by atoms with Gasteiger partial charge in [0.25, 0.3) is 0 Å². The Hall–Kier alpha value is -1.52. The van der Waals surface area contributed by atoms with Crippen LogP contribution in [0.5, 0.6) is 0 Å². The molecule has 0 unspecified atom stereocenters. The first-order chi connectivity index (χ1) is 4.79. The van der Waals surface area contributed by atoms with Gasteiger partial charge in [-0.1, -0.05) is 0 Å². The SMILES string of the molecule is CC(=O)NNc1ccn[nH]1. The van der Waals surface area contributed by atoms with Crippen molar-refractivity contribution in [1.82, 2.24) is 15.6 Å². The van der Waals surface area contributed by atoms with Crippen molar-refractivity contribution in [3.63, 3.8) is 0 Å². The van der Waals surface area contributed by atoms with Crippen molar-refractivity contribution in [2.75, 3.05) is 5.43 Å². The van der Waals surface area contributed by atoms with Crippen LogP contribution < -0.4 is 10.9 Å². The Morgan fingerprint density at radius 3 is 3.10 bits per heavy atom. The van der Waals surface area contributed by atoms with Gasteiger partial charge in [0.2, 0.25) is 5.91 Å². The second-order valence-electron chi connectivity index (χ2n) is 1.78. The highest BCUT2D eigenvalue weighted by Gasteiger charge is 1.90. The predicted octanol–water partition coefficient (Wildman–Crippen LogP) is -0.127. The molecular formula is C5H8N4O. The zero-order valence-corrected chi connectivity index (χ0v) is 5.51. The van der Waals surface area contributed by atoms with Crippen LogP contribution in [0.1, 0.15) is 6.92 Å². The number of hydrogen-bond acceptors (Lipinski definition) is 3. The van der Waals surface area contributed by atoms with E-state index in [0.29, 0.717) is 5.82 Å². The predicted molar refractivity (Wildman–Crippen MR) is 36.0 cm³/mol. The summed E-state index contributed by atoms with van der Waals surface area (Å²) in [6.07, 6.45) is 1.59. The number of nitrogens with zero attached hydrogens (tertiary/aromatic N) is 1. The molecular weight excluding hydrogens is 132 g/mol. The van der Waals surface area contributed by atoms with Gasteiger partial charge < -0.3 is 0 Å². The number of aromatic nitrogens is 2. The first kappa shape index (κ1) is 6.60. The van der Waals surface area contributed by atoms with E-state index in [1.54, 1.807) is 12.3 Å². The molecule has 0 bridgehead atoms. The van der Waals surface area contributed by atoms with Crippen molar-refractivity contribution in [1.29, 1.82) is 0 Å². The lowest BCUT2D eigenvalue weighted by molar-refractivity contribution is -0.118. The smallest absolute Gasteiger partial charge is 0.235 e. The number of aromatic amines is 1. The van der Waals surface area contributed by atoms with E-state index in [1.165, 1.54) is 6.92 Å². The van der Waals surface area contributed by atoms with Gasteiger partial charge in [0.05, 0.1) is 6.20 Å². The minimum Gasteiger partial charge on any atom is -0.282 e. The van der Waals surface area contributed by atoms with Crippen LogP contribution in [-0.4, -0.2) is 16.1 Å². The molecule has 0 atom stereocenters. The fourth-order valence-corrected chi connectivity index (χ4v) is 0.481. The van der Waals surface area contributed by atoms with Crippen LogP contribution in [-0.2, 0) is 4.79 Å². The second kappa shape index (κ2) is 2.86. The van der Waals surface area contributed by atoms with E-state index in [9.17, 15) is 4.79 Å². The average molecular weight is 140 g/mol. The summed E-state index contributed by atoms with van der Waals surface area (Å²) in [5.74, 6) is 0.518. The molecule has 5 nitrogen and oxygen atoms in total. The number of rotatable bonds is 2. The molecule has 1 aromatic rings. The van der Waals surface area contributed by atoms with Crippen LogP contribution >= 0.6 is 0 Å². The van der Waals surface area contributed by atoms with Gasteiger partial charge >= 0.3 is 0 Å². The van der Waals surface area contributed by atoms with Crippen LogP contribution in [0.2, 0.25) is 0 Å². The van der Waals surface area contributed by atoms with E-state index < -0.39 is 0 Å². The molecule has 0 saturated carbocycles. The third kappa shape index (κ3) is 1.77. The van der Waals surface area contributed by atoms with Gasteiger partial charge in [-0.05, 0) is 0 Å². The van der Waals surface area contributed by atoms with E-state index >= 15 is 0 Å². The van der Waals surface area contributed by atoms with Crippen LogP contribution in [0.25, 0.3) is 0 Å². The van der Waals surface area contributed by atoms with Crippen molar-refractivity contribution >= 4 is 11.7 Å². The van der Waals surface area contributed by atoms with Crippen LogP contribution in [0, 0.1) is 0 Å². The van der Waals surface area contributed by atoms with E-state index in [-0.39, 0.29) is 5.91 Å². The lowest BCUT2D eigenvalue weighted by Gasteiger charge is -2.00. The molecule has 1 amide bonds. The molecule has 0 aliphatic carbocycles. The summed E-state index contributed by atoms with van der Waals surface area (Å²) >= 11 is 0. The molecule has 54 valence electrons. The molecule has 0 spiro atoms. The maximum absolute atomic E-state index is 10.3. The van der Waals surface area contributed by atoms with Crippen molar-refractivity contribution in [2.24, 2.45) is 0 Å². The number of amides is 1. The Labute approximate surface area is 57.8 Å². The summed E-state index contributed by atoms with van der Waals surface area (Å²) in [4.78, 5) is 10.3. The minimum absolute atomic E-state index is 0.144. The maximum Gasteiger partial charge on any atom is 0.235 e. The van der Waals surface area contributed by atoms with Gasteiger partial charge in [0.1, 0.15) is 5.82 Å². The summed E-state index contributed by atoms with van der Waals surface area (Å²) in [5, 5.41) is 6.28. The molecule has 10 heavy (non-hydrogen) atoms. The molecule has 1 rings (SSSR count). The second-order valence-corrected chi connectivity index (χ2v) is 1.78. The van der Waals surface area contributed by atoms with Gasteiger partial charge in [-0.3, -0.25) is 20.7 Å². The summed E-state index contributed by atoms with van der Waals surface area (Å²) in [6.45, 7) is 1.42. The number of carbonyl (C=O) groups is 1. The first-order valence-corrected chi connectivity index (χ1v) is 2.81. The molecule has 0 aromatic carbocycles. The molecule has 0 fully saturated rings. The highest BCUT2D eigenvalue weighted by Crippen LogP contribution is 1.94. The largest absolute Gasteiger partial charge is 0.282 e. The molecule has 3 N–H and O–H groups in total. The van der Waals surface area contributed by atoms with Gasteiger partial charge in [0.15, 0.2) is 0 Å². The standard InChI is InChI=1S/C5H8N4O/c1-4(10)7-9-5-2-3-6-8-5/h2-3H,1H3,(H,7,10)(H2,6,8,9). The topological polar surface area (TPSA) is 69.8 Å². The number of anilines is 1. The van der Waals surface area contributed by atoms with Crippen molar-refractivity contribution in [2.45, 2.75) is 6.92 Å². The number of carbonyl (C=O) groups excluding carboxylic acids is 1. The van der Waals surface area contributed by atoms with Crippen molar-refractivity contribution in [3.05, 3.63) is 12.3 Å². The molecule has 0 aliphatic heterocycles. The third-order valence-corrected chi connectivity index (χ3v) is 0.874. The quantitative estimate of drug-likeness (QED) is 0.501. The fourth-order valence-electron chi connectivity index (χ4n) is 0.481. The van der Waals surface area contributed by atoms with Crippen LogP contribution in [0.15, 0.2) is 12.3 Å². The summed E-state index contributed by atoms with van der Waals surface area (Å²) < 4.78 is 0. The Morgan fingerprint density at radius 2 is 2.60 bits per heavy atom. The first-order valence-electron chi connectivity index (χ1n) is 2.81.